The van der Waals surface area contributed by atoms with Crippen LogP contribution in [0.4, 0.5) is 5.69 Å². The first-order valence-corrected chi connectivity index (χ1v) is 10.4. The number of ether oxygens (including phenoxy) is 2. The van der Waals surface area contributed by atoms with Gasteiger partial charge in [-0.1, -0.05) is 24.3 Å². The smallest absolute Gasteiger partial charge is 0.192 e. The van der Waals surface area contributed by atoms with Gasteiger partial charge >= 0.3 is 0 Å². The van der Waals surface area contributed by atoms with Gasteiger partial charge in [0.1, 0.15) is 11.5 Å². The molecule has 160 valence electrons. The van der Waals surface area contributed by atoms with Crippen molar-refractivity contribution in [1.29, 1.82) is 0 Å². The molecule has 0 fully saturated rings. The summed E-state index contributed by atoms with van der Waals surface area (Å²) >= 11 is 0. The van der Waals surface area contributed by atoms with Gasteiger partial charge < -0.3 is 25.0 Å². The third-order valence-electron chi connectivity index (χ3n) is 5.11. The van der Waals surface area contributed by atoms with Crippen molar-refractivity contribution in [2.45, 2.75) is 26.4 Å². The number of hydrogen-bond acceptors (Lipinski definition) is 4. The second-order valence-corrected chi connectivity index (χ2v) is 7.22. The average molecular weight is 409 g/mol. The normalized spacial score (nSPS) is 14.5. The van der Waals surface area contributed by atoms with Gasteiger partial charge in [0.05, 0.1) is 26.8 Å². The Labute approximate surface area is 179 Å². The van der Waals surface area contributed by atoms with Crippen LogP contribution < -0.4 is 25.0 Å². The molecule has 0 bridgehead atoms. The molecule has 1 aliphatic rings. The predicted molar refractivity (Wildman–Crippen MR) is 124 cm³/mol. The molecule has 0 radical (unpaired) electrons. The van der Waals surface area contributed by atoms with Crippen molar-refractivity contribution >= 4 is 11.6 Å². The highest BCUT2D eigenvalue weighted by Gasteiger charge is 2.14. The Balaban J connectivity index is 1.73. The lowest BCUT2D eigenvalue weighted by molar-refractivity contribution is 0.394. The van der Waals surface area contributed by atoms with Gasteiger partial charge in [0.25, 0.3) is 0 Å². The minimum Gasteiger partial charge on any atom is -0.497 e. The molecule has 3 rings (SSSR count). The standard InChI is InChI=1S/C24H32N4O2/c1-5-25-24(27-18(2)22-16-21(29-3)11-12-23(22)30-4)26-17-19-9-8-10-20(15-19)28-13-6-7-14-28/h6-12,15-16,18H,5,13-14,17H2,1-4H3,(H2,25,26,27). The van der Waals surface area contributed by atoms with Crippen molar-refractivity contribution in [1.82, 2.24) is 10.6 Å². The molecule has 0 amide bonds. The van der Waals surface area contributed by atoms with Crippen molar-refractivity contribution < 1.29 is 9.47 Å². The van der Waals surface area contributed by atoms with Crippen molar-refractivity contribution in [3.8, 4) is 11.5 Å². The summed E-state index contributed by atoms with van der Waals surface area (Å²) < 4.78 is 10.9. The van der Waals surface area contributed by atoms with Crippen LogP contribution in [0.5, 0.6) is 11.5 Å². The molecule has 6 nitrogen and oxygen atoms in total. The molecule has 30 heavy (non-hydrogen) atoms. The summed E-state index contributed by atoms with van der Waals surface area (Å²) in [6, 6.07) is 14.4. The van der Waals surface area contributed by atoms with Gasteiger partial charge in [0.15, 0.2) is 5.96 Å². The highest BCUT2D eigenvalue weighted by atomic mass is 16.5. The van der Waals surface area contributed by atoms with Gasteiger partial charge in [-0.25, -0.2) is 4.99 Å². The van der Waals surface area contributed by atoms with Crippen LogP contribution in [-0.4, -0.2) is 39.8 Å². The summed E-state index contributed by atoms with van der Waals surface area (Å²) in [6.07, 6.45) is 4.40. The Kier molecular flexibility index (Phi) is 7.60. The molecule has 0 aromatic heterocycles. The Morgan fingerprint density at radius 1 is 1.10 bits per heavy atom. The zero-order chi connectivity index (χ0) is 21.3. The maximum absolute atomic E-state index is 5.53. The van der Waals surface area contributed by atoms with E-state index in [0.29, 0.717) is 6.54 Å². The lowest BCUT2D eigenvalue weighted by atomic mass is 10.1. The van der Waals surface area contributed by atoms with E-state index in [-0.39, 0.29) is 6.04 Å². The molecule has 0 saturated heterocycles. The molecule has 2 N–H and O–H groups in total. The summed E-state index contributed by atoms with van der Waals surface area (Å²) in [4.78, 5) is 7.14. The van der Waals surface area contributed by atoms with Gasteiger partial charge in [0, 0.05) is 30.9 Å². The largest absolute Gasteiger partial charge is 0.497 e. The molecule has 2 aromatic carbocycles. The number of anilines is 1. The van der Waals surface area contributed by atoms with E-state index >= 15 is 0 Å². The molecule has 0 aliphatic carbocycles. The summed E-state index contributed by atoms with van der Waals surface area (Å²) in [7, 11) is 3.35. The summed E-state index contributed by atoms with van der Waals surface area (Å²) in [6.45, 7) is 7.48. The molecule has 6 heteroatoms. The van der Waals surface area contributed by atoms with Crippen molar-refractivity contribution in [3.05, 3.63) is 65.7 Å². The molecule has 1 unspecified atom stereocenters. The third-order valence-corrected chi connectivity index (χ3v) is 5.11. The van der Waals surface area contributed by atoms with E-state index in [2.05, 4.69) is 65.8 Å². The summed E-state index contributed by atoms with van der Waals surface area (Å²) in [5, 5.41) is 6.82. The van der Waals surface area contributed by atoms with Crippen LogP contribution in [0.3, 0.4) is 0 Å². The topological polar surface area (TPSA) is 58.1 Å². The van der Waals surface area contributed by atoms with E-state index in [0.717, 1.165) is 42.7 Å². The van der Waals surface area contributed by atoms with Crippen LogP contribution >= 0.6 is 0 Å². The van der Waals surface area contributed by atoms with E-state index in [1.165, 1.54) is 11.3 Å². The number of hydrogen-bond donors (Lipinski definition) is 2. The first-order chi connectivity index (χ1) is 14.6. The molecular formula is C24H32N4O2. The number of aliphatic imine (C=N–C) groups is 1. The van der Waals surface area contributed by atoms with Crippen molar-refractivity contribution in [2.75, 3.05) is 38.8 Å². The Morgan fingerprint density at radius 2 is 1.90 bits per heavy atom. The highest BCUT2D eigenvalue weighted by molar-refractivity contribution is 5.80. The van der Waals surface area contributed by atoms with Crippen LogP contribution in [0.15, 0.2) is 59.6 Å². The molecule has 0 spiro atoms. The maximum Gasteiger partial charge on any atom is 0.192 e. The Bertz CT molecular complexity index is 887. The van der Waals surface area contributed by atoms with Gasteiger partial charge in [-0.05, 0) is 49.7 Å². The summed E-state index contributed by atoms with van der Waals surface area (Å²) in [5.41, 5.74) is 3.44. The molecule has 0 saturated carbocycles. The van der Waals surface area contributed by atoms with Crippen molar-refractivity contribution in [3.63, 3.8) is 0 Å². The molecular weight excluding hydrogens is 376 g/mol. The van der Waals surface area contributed by atoms with Gasteiger partial charge in [0.2, 0.25) is 0 Å². The maximum atomic E-state index is 5.53. The van der Waals surface area contributed by atoms with Crippen LogP contribution in [0.2, 0.25) is 0 Å². The van der Waals surface area contributed by atoms with Gasteiger partial charge in [-0.3, -0.25) is 0 Å². The van der Waals surface area contributed by atoms with E-state index < -0.39 is 0 Å². The van der Waals surface area contributed by atoms with Gasteiger partial charge in [-0.2, -0.15) is 0 Å². The van der Waals surface area contributed by atoms with E-state index in [1.807, 2.05) is 18.2 Å². The fourth-order valence-corrected chi connectivity index (χ4v) is 3.49. The lowest BCUT2D eigenvalue weighted by Gasteiger charge is -2.21. The quantitative estimate of drug-likeness (QED) is 0.394. The zero-order valence-electron chi connectivity index (χ0n) is 18.3. The lowest BCUT2D eigenvalue weighted by Crippen LogP contribution is -2.38. The van der Waals surface area contributed by atoms with Crippen molar-refractivity contribution in [2.24, 2.45) is 4.99 Å². The first kappa shape index (κ1) is 21.6. The van der Waals surface area contributed by atoms with Crippen LogP contribution in [0, 0.1) is 0 Å². The highest BCUT2D eigenvalue weighted by Crippen LogP contribution is 2.29. The molecule has 2 aromatic rings. The SMILES string of the molecule is CCNC(=NCc1cccc(N2CC=CC2)c1)NC(C)c1cc(OC)ccc1OC. The Morgan fingerprint density at radius 3 is 2.60 bits per heavy atom. The number of benzene rings is 2. The zero-order valence-corrected chi connectivity index (χ0v) is 18.3. The molecule has 1 heterocycles. The van der Waals surface area contributed by atoms with Crippen LogP contribution in [-0.2, 0) is 6.54 Å². The second-order valence-electron chi connectivity index (χ2n) is 7.22. The Hall–Kier alpha value is -3.15. The minimum absolute atomic E-state index is 0.00476. The van der Waals surface area contributed by atoms with Crippen LogP contribution in [0.1, 0.15) is 31.0 Å². The summed E-state index contributed by atoms with van der Waals surface area (Å²) in [5.74, 6) is 2.39. The molecule has 1 atom stereocenters. The minimum atomic E-state index is -0.00476. The monoisotopic (exact) mass is 408 g/mol. The van der Waals surface area contributed by atoms with Crippen LogP contribution in [0.25, 0.3) is 0 Å². The van der Waals surface area contributed by atoms with E-state index in [1.54, 1.807) is 14.2 Å². The fourth-order valence-electron chi connectivity index (χ4n) is 3.49. The third kappa shape index (κ3) is 5.47. The van der Waals surface area contributed by atoms with Gasteiger partial charge in [-0.15, -0.1) is 0 Å². The van der Waals surface area contributed by atoms with E-state index in [9.17, 15) is 0 Å². The fraction of sp³-hybridized carbons (Fsp3) is 0.375. The second kappa shape index (κ2) is 10.6. The first-order valence-electron chi connectivity index (χ1n) is 10.4. The number of methoxy groups -OCH3 is 2. The number of guanidine groups is 1. The number of nitrogens with one attached hydrogen (secondary N) is 2. The molecule has 1 aliphatic heterocycles. The van der Waals surface area contributed by atoms with E-state index in [4.69, 9.17) is 14.5 Å². The average Bonchev–Trinajstić information content (AvgIpc) is 3.32. The predicted octanol–water partition coefficient (Wildman–Crippen LogP) is 3.90. The number of nitrogens with zero attached hydrogens (tertiary/aromatic N) is 2. The number of rotatable bonds is 8.